The normalized spacial score (nSPS) is 18.9. The highest BCUT2D eigenvalue weighted by Gasteiger charge is 2.22. The maximum absolute atomic E-state index is 11.7. The maximum Gasteiger partial charge on any atom is 0.242 e. The lowest BCUT2D eigenvalue weighted by molar-refractivity contribution is -0.117. The summed E-state index contributed by atoms with van der Waals surface area (Å²) in [6.07, 6.45) is 0. The number of halogens is 1. The molecule has 1 atom stereocenters. The highest BCUT2D eigenvalue weighted by atomic mass is 35.5. The van der Waals surface area contributed by atoms with Gasteiger partial charge in [0.05, 0.1) is 6.04 Å². The number of hydrogen-bond acceptors (Lipinski definition) is 3. The standard InChI is InChI=1S/C11H14N2OS.ClH/c1-8-2-4-9(5-3-8)13-11(14)10-6-15-7-12-10;/h2-5,10,12H,6-7H2,1H3,(H,13,14);1H. The first-order valence-electron chi connectivity index (χ1n) is 4.94. The number of carbonyl (C=O) groups is 1. The van der Waals surface area contributed by atoms with Gasteiger partial charge in [-0.1, -0.05) is 17.7 Å². The van der Waals surface area contributed by atoms with Crippen LogP contribution in [0.15, 0.2) is 24.3 Å². The number of hydrogen-bond donors (Lipinski definition) is 2. The molecule has 0 aromatic heterocycles. The Morgan fingerprint density at radius 3 is 2.69 bits per heavy atom. The van der Waals surface area contributed by atoms with E-state index in [0.29, 0.717) is 0 Å². The average Bonchev–Trinajstić information content (AvgIpc) is 2.74. The Morgan fingerprint density at radius 2 is 2.12 bits per heavy atom. The number of aryl methyl sites for hydroxylation is 1. The Labute approximate surface area is 106 Å². The molecule has 0 radical (unpaired) electrons. The summed E-state index contributed by atoms with van der Waals surface area (Å²) in [7, 11) is 0. The summed E-state index contributed by atoms with van der Waals surface area (Å²) in [5.74, 6) is 1.78. The molecule has 1 fully saturated rings. The Balaban J connectivity index is 0.00000128. The van der Waals surface area contributed by atoms with E-state index in [1.54, 1.807) is 11.8 Å². The first-order valence-corrected chi connectivity index (χ1v) is 6.10. The number of thioether (sulfide) groups is 1. The van der Waals surface area contributed by atoms with E-state index in [4.69, 9.17) is 0 Å². The molecule has 1 aliphatic rings. The van der Waals surface area contributed by atoms with Crippen LogP contribution in [0.3, 0.4) is 0 Å². The second-order valence-corrected chi connectivity index (χ2v) is 4.66. The Morgan fingerprint density at radius 1 is 1.44 bits per heavy atom. The molecule has 5 heteroatoms. The van der Waals surface area contributed by atoms with Crippen LogP contribution < -0.4 is 10.6 Å². The molecule has 1 unspecified atom stereocenters. The third kappa shape index (κ3) is 3.40. The second kappa shape index (κ2) is 6.13. The molecule has 0 bridgehead atoms. The molecule has 16 heavy (non-hydrogen) atoms. The van der Waals surface area contributed by atoms with Crippen molar-refractivity contribution in [2.24, 2.45) is 0 Å². The van der Waals surface area contributed by atoms with E-state index in [-0.39, 0.29) is 24.4 Å². The molecule has 0 aliphatic carbocycles. The van der Waals surface area contributed by atoms with Gasteiger partial charge in [0, 0.05) is 17.3 Å². The molecule has 1 amide bonds. The summed E-state index contributed by atoms with van der Waals surface area (Å²) in [5, 5.41) is 6.04. The molecular weight excluding hydrogens is 244 g/mol. The number of anilines is 1. The minimum atomic E-state index is -0.0451. The summed E-state index contributed by atoms with van der Waals surface area (Å²) in [5.41, 5.74) is 2.06. The highest BCUT2D eigenvalue weighted by Crippen LogP contribution is 2.13. The average molecular weight is 259 g/mol. The van der Waals surface area contributed by atoms with Gasteiger partial charge >= 0.3 is 0 Å². The minimum Gasteiger partial charge on any atom is -0.325 e. The predicted octanol–water partition coefficient (Wildman–Crippen LogP) is 2.02. The predicted molar refractivity (Wildman–Crippen MR) is 71.3 cm³/mol. The van der Waals surface area contributed by atoms with Crippen LogP contribution >= 0.6 is 24.2 Å². The van der Waals surface area contributed by atoms with Crippen molar-refractivity contribution in [3.63, 3.8) is 0 Å². The van der Waals surface area contributed by atoms with Gasteiger partial charge in [-0.05, 0) is 19.1 Å². The third-order valence-corrected chi connectivity index (χ3v) is 3.29. The zero-order valence-corrected chi connectivity index (χ0v) is 10.7. The fraction of sp³-hybridized carbons (Fsp3) is 0.364. The molecule has 1 aliphatic heterocycles. The van der Waals surface area contributed by atoms with Gasteiger partial charge in [-0.25, -0.2) is 0 Å². The van der Waals surface area contributed by atoms with Gasteiger partial charge < -0.3 is 5.32 Å². The lowest BCUT2D eigenvalue weighted by atomic mass is 10.2. The molecule has 2 N–H and O–H groups in total. The maximum atomic E-state index is 11.7. The first-order chi connectivity index (χ1) is 7.25. The molecule has 1 aromatic carbocycles. The highest BCUT2D eigenvalue weighted by molar-refractivity contribution is 7.99. The van der Waals surface area contributed by atoms with Gasteiger partial charge in [0.15, 0.2) is 0 Å². The van der Waals surface area contributed by atoms with Crippen LogP contribution in [-0.4, -0.2) is 23.6 Å². The van der Waals surface area contributed by atoms with E-state index in [2.05, 4.69) is 10.6 Å². The third-order valence-electron chi connectivity index (χ3n) is 2.35. The number of benzene rings is 1. The van der Waals surface area contributed by atoms with E-state index in [1.165, 1.54) is 5.56 Å². The van der Waals surface area contributed by atoms with E-state index >= 15 is 0 Å². The van der Waals surface area contributed by atoms with Crippen LogP contribution in [0.25, 0.3) is 0 Å². The van der Waals surface area contributed by atoms with Crippen LogP contribution in [-0.2, 0) is 4.79 Å². The molecule has 1 aromatic rings. The van der Waals surface area contributed by atoms with Crippen LogP contribution in [0, 0.1) is 6.92 Å². The second-order valence-electron chi connectivity index (χ2n) is 3.63. The van der Waals surface area contributed by atoms with E-state index < -0.39 is 0 Å². The van der Waals surface area contributed by atoms with Crippen molar-refractivity contribution >= 4 is 35.8 Å². The molecule has 2 rings (SSSR count). The van der Waals surface area contributed by atoms with Crippen molar-refractivity contribution in [3.05, 3.63) is 29.8 Å². The van der Waals surface area contributed by atoms with Gasteiger partial charge in [-0.15, -0.1) is 24.2 Å². The number of rotatable bonds is 2. The Kier molecular flexibility index (Phi) is 5.12. The van der Waals surface area contributed by atoms with Crippen molar-refractivity contribution in [3.8, 4) is 0 Å². The van der Waals surface area contributed by atoms with Crippen LogP contribution in [0.4, 0.5) is 5.69 Å². The van der Waals surface area contributed by atoms with E-state index in [1.807, 2.05) is 31.2 Å². The fourth-order valence-electron chi connectivity index (χ4n) is 1.43. The first kappa shape index (κ1) is 13.4. The monoisotopic (exact) mass is 258 g/mol. The molecule has 0 spiro atoms. The van der Waals surface area contributed by atoms with Crippen molar-refractivity contribution < 1.29 is 4.79 Å². The van der Waals surface area contributed by atoms with E-state index in [0.717, 1.165) is 17.3 Å². The molecule has 0 saturated carbocycles. The van der Waals surface area contributed by atoms with Crippen molar-refractivity contribution in [2.45, 2.75) is 13.0 Å². The summed E-state index contributed by atoms with van der Waals surface area (Å²) in [4.78, 5) is 11.7. The van der Waals surface area contributed by atoms with Gasteiger partial charge in [0.1, 0.15) is 0 Å². The summed E-state index contributed by atoms with van der Waals surface area (Å²) in [6, 6.07) is 7.79. The SMILES string of the molecule is Cc1ccc(NC(=O)C2CSCN2)cc1.Cl. The summed E-state index contributed by atoms with van der Waals surface area (Å²) in [6.45, 7) is 2.03. The Hall–Kier alpha value is -0.710. The molecular formula is C11H15ClN2OS. The molecule has 88 valence electrons. The van der Waals surface area contributed by atoms with Gasteiger partial charge in [0.2, 0.25) is 5.91 Å². The topological polar surface area (TPSA) is 41.1 Å². The minimum absolute atomic E-state index is 0. The smallest absolute Gasteiger partial charge is 0.242 e. The van der Waals surface area contributed by atoms with Gasteiger partial charge in [-0.3, -0.25) is 10.1 Å². The Bertz CT molecular complexity index is 350. The molecule has 1 saturated heterocycles. The zero-order valence-electron chi connectivity index (χ0n) is 9.03. The summed E-state index contributed by atoms with van der Waals surface area (Å²) >= 11 is 1.75. The van der Waals surface area contributed by atoms with Gasteiger partial charge in [0.25, 0.3) is 0 Å². The quantitative estimate of drug-likeness (QED) is 0.853. The van der Waals surface area contributed by atoms with Gasteiger partial charge in [-0.2, -0.15) is 0 Å². The number of carbonyl (C=O) groups excluding carboxylic acids is 1. The van der Waals surface area contributed by atoms with Crippen molar-refractivity contribution in [2.75, 3.05) is 16.9 Å². The molecule has 3 nitrogen and oxygen atoms in total. The fourth-order valence-corrected chi connectivity index (χ4v) is 2.37. The lowest BCUT2D eigenvalue weighted by Gasteiger charge is -2.10. The van der Waals surface area contributed by atoms with Crippen molar-refractivity contribution in [1.82, 2.24) is 5.32 Å². The number of amides is 1. The summed E-state index contributed by atoms with van der Waals surface area (Å²) < 4.78 is 0. The van der Waals surface area contributed by atoms with Crippen LogP contribution in [0.2, 0.25) is 0 Å². The number of nitrogens with one attached hydrogen (secondary N) is 2. The van der Waals surface area contributed by atoms with E-state index in [9.17, 15) is 4.79 Å². The van der Waals surface area contributed by atoms with Crippen LogP contribution in [0.5, 0.6) is 0 Å². The lowest BCUT2D eigenvalue weighted by Crippen LogP contribution is -2.37. The zero-order chi connectivity index (χ0) is 10.7. The largest absolute Gasteiger partial charge is 0.325 e. The van der Waals surface area contributed by atoms with Crippen LogP contribution in [0.1, 0.15) is 5.56 Å². The van der Waals surface area contributed by atoms with Crippen molar-refractivity contribution in [1.29, 1.82) is 0 Å². The molecule has 1 heterocycles.